The number of carbonyl (C=O) groups is 1. The van der Waals surface area contributed by atoms with Gasteiger partial charge in [-0.25, -0.2) is 4.57 Å². The van der Waals surface area contributed by atoms with Crippen LogP contribution >= 0.6 is 7.82 Å². The van der Waals surface area contributed by atoms with Crippen LogP contribution in [0.4, 0.5) is 0 Å². The molecule has 0 spiro atoms. The van der Waals surface area contributed by atoms with Crippen LogP contribution in [0.3, 0.4) is 0 Å². The Morgan fingerprint density at radius 3 is 2.64 bits per heavy atom. The molecule has 0 saturated heterocycles. The molecule has 0 atom stereocenters. The molecule has 0 unspecified atom stereocenters. The standard InChI is InChI=1S/C13H20NO7P/c1-9-4-5-10(8-21-22(18,19)20)11(13(9)17)7-14-6-2-3-12(15)16/h4-5,14,17H,2-3,6-8H2,1H3,(H,15,16)(H2,18,19,20). The number of aryl methyl sites for hydroxylation is 1. The largest absolute Gasteiger partial charge is 0.507 e. The maximum atomic E-state index is 10.8. The zero-order chi connectivity index (χ0) is 16.8. The molecule has 0 fully saturated rings. The summed E-state index contributed by atoms with van der Waals surface area (Å²) in [5.41, 5.74) is 1.56. The topological polar surface area (TPSA) is 136 Å². The lowest BCUT2D eigenvalue weighted by Gasteiger charge is -2.15. The van der Waals surface area contributed by atoms with E-state index in [1.165, 1.54) is 0 Å². The van der Waals surface area contributed by atoms with Gasteiger partial charge in [-0.3, -0.25) is 9.32 Å². The number of phosphoric ester groups is 1. The summed E-state index contributed by atoms with van der Waals surface area (Å²) in [6, 6.07) is 3.25. The maximum absolute atomic E-state index is 10.8. The van der Waals surface area contributed by atoms with Crippen molar-refractivity contribution in [3.8, 4) is 5.75 Å². The Labute approximate surface area is 128 Å². The molecular weight excluding hydrogens is 313 g/mol. The number of phosphoric acid groups is 1. The first-order chi connectivity index (χ1) is 10.2. The highest BCUT2D eigenvalue weighted by Crippen LogP contribution is 2.38. The fourth-order valence-electron chi connectivity index (χ4n) is 1.86. The van der Waals surface area contributed by atoms with Crippen molar-refractivity contribution in [3.63, 3.8) is 0 Å². The average Bonchev–Trinajstić information content (AvgIpc) is 2.40. The lowest BCUT2D eigenvalue weighted by Crippen LogP contribution is -2.17. The number of carboxylic acids is 1. The third kappa shape index (κ3) is 6.55. The maximum Gasteiger partial charge on any atom is 0.469 e. The van der Waals surface area contributed by atoms with Crippen LogP contribution < -0.4 is 5.32 Å². The Kier molecular flexibility index (Phi) is 6.99. The SMILES string of the molecule is Cc1ccc(COP(=O)(O)O)c(CNCCCC(=O)O)c1O. The number of hydrogen-bond acceptors (Lipinski definition) is 5. The minimum Gasteiger partial charge on any atom is -0.507 e. The van der Waals surface area contributed by atoms with Gasteiger partial charge in [-0.1, -0.05) is 12.1 Å². The summed E-state index contributed by atoms with van der Waals surface area (Å²) < 4.78 is 15.2. The predicted octanol–water partition coefficient (Wildman–Crippen LogP) is 1.26. The second-order valence-electron chi connectivity index (χ2n) is 4.81. The monoisotopic (exact) mass is 333 g/mol. The van der Waals surface area contributed by atoms with Gasteiger partial charge in [-0.05, 0) is 31.0 Å². The highest BCUT2D eigenvalue weighted by Gasteiger charge is 2.17. The van der Waals surface area contributed by atoms with Crippen molar-refractivity contribution in [2.24, 2.45) is 0 Å². The first-order valence-corrected chi connectivity index (χ1v) is 8.16. The third-order valence-corrected chi connectivity index (χ3v) is 3.48. The number of aliphatic carboxylic acids is 1. The number of hydrogen-bond donors (Lipinski definition) is 5. The molecule has 0 saturated carbocycles. The smallest absolute Gasteiger partial charge is 0.469 e. The Morgan fingerprint density at radius 1 is 1.36 bits per heavy atom. The van der Waals surface area contributed by atoms with Gasteiger partial charge in [0.15, 0.2) is 0 Å². The van der Waals surface area contributed by atoms with Gasteiger partial charge in [-0.15, -0.1) is 0 Å². The van der Waals surface area contributed by atoms with Gasteiger partial charge in [0.2, 0.25) is 0 Å². The summed E-state index contributed by atoms with van der Waals surface area (Å²) in [5.74, 6) is -0.853. The van der Waals surface area contributed by atoms with Gasteiger partial charge < -0.3 is 25.3 Å². The molecular formula is C13H20NO7P. The lowest BCUT2D eigenvalue weighted by atomic mass is 10.0. The van der Waals surface area contributed by atoms with E-state index in [1.54, 1.807) is 19.1 Å². The molecule has 0 aromatic heterocycles. The zero-order valence-corrected chi connectivity index (χ0v) is 13.0. The number of benzene rings is 1. The molecule has 0 heterocycles. The van der Waals surface area contributed by atoms with Crippen molar-refractivity contribution in [2.75, 3.05) is 6.54 Å². The van der Waals surface area contributed by atoms with Crippen molar-refractivity contribution in [2.45, 2.75) is 32.9 Å². The summed E-state index contributed by atoms with van der Waals surface area (Å²) in [4.78, 5) is 27.9. The molecule has 5 N–H and O–H groups in total. The highest BCUT2D eigenvalue weighted by atomic mass is 31.2. The van der Waals surface area contributed by atoms with Crippen LogP contribution in [0.5, 0.6) is 5.75 Å². The molecule has 9 heteroatoms. The molecule has 0 bridgehead atoms. The molecule has 1 aromatic rings. The van der Waals surface area contributed by atoms with E-state index in [4.69, 9.17) is 14.9 Å². The number of carboxylic acid groups (broad SMARTS) is 1. The van der Waals surface area contributed by atoms with Gasteiger partial charge in [-0.2, -0.15) is 0 Å². The van der Waals surface area contributed by atoms with E-state index in [1.807, 2.05) is 0 Å². The first-order valence-electron chi connectivity index (χ1n) is 6.63. The molecule has 1 rings (SSSR count). The van der Waals surface area contributed by atoms with E-state index < -0.39 is 13.8 Å². The van der Waals surface area contributed by atoms with E-state index in [9.17, 15) is 14.5 Å². The molecule has 22 heavy (non-hydrogen) atoms. The Balaban J connectivity index is 2.71. The van der Waals surface area contributed by atoms with Crippen LogP contribution in [0, 0.1) is 6.92 Å². The molecule has 0 aliphatic heterocycles. The van der Waals surface area contributed by atoms with Crippen LogP contribution in [0.1, 0.15) is 29.5 Å². The minimum atomic E-state index is -4.59. The Morgan fingerprint density at radius 2 is 2.05 bits per heavy atom. The summed E-state index contributed by atoms with van der Waals surface area (Å²) in [6.45, 7) is 2.06. The van der Waals surface area contributed by atoms with Crippen LogP contribution in [-0.4, -0.2) is 32.5 Å². The van der Waals surface area contributed by atoms with E-state index in [-0.39, 0.29) is 25.3 Å². The lowest BCUT2D eigenvalue weighted by molar-refractivity contribution is -0.137. The number of nitrogens with one attached hydrogen (secondary N) is 1. The van der Waals surface area contributed by atoms with Crippen molar-refractivity contribution < 1.29 is 33.9 Å². The van der Waals surface area contributed by atoms with E-state index in [0.29, 0.717) is 29.7 Å². The van der Waals surface area contributed by atoms with Gasteiger partial charge in [0.05, 0.1) is 6.61 Å². The van der Waals surface area contributed by atoms with Crippen molar-refractivity contribution in [3.05, 3.63) is 28.8 Å². The quantitative estimate of drug-likeness (QED) is 0.336. The van der Waals surface area contributed by atoms with Gasteiger partial charge in [0, 0.05) is 18.5 Å². The predicted molar refractivity (Wildman–Crippen MR) is 78.3 cm³/mol. The molecule has 0 radical (unpaired) electrons. The fourth-order valence-corrected chi connectivity index (χ4v) is 2.17. The highest BCUT2D eigenvalue weighted by molar-refractivity contribution is 7.46. The van der Waals surface area contributed by atoms with Gasteiger partial charge >= 0.3 is 13.8 Å². The number of phenolic OH excluding ortho intramolecular Hbond substituents is 1. The first kappa shape index (κ1) is 18.6. The summed E-state index contributed by atoms with van der Waals surface area (Å²) in [6.07, 6.45) is 0.483. The summed E-state index contributed by atoms with van der Waals surface area (Å²) in [7, 11) is -4.59. The van der Waals surface area contributed by atoms with Crippen molar-refractivity contribution >= 4 is 13.8 Å². The molecule has 1 aromatic carbocycles. The Bertz CT molecular complexity index is 570. The van der Waals surface area contributed by atoms with Crippen LogP contribution in [-0.2, 0) is 27.0 Å². The van der Waals surface area contributed by atoms with Crippen molar-refractivity contribution in [1.29, 1.82) is 0 Å². The Hall–Kier alpha value is -1.44. The van der Waals surface area contributed by atoms with Crippen molar-refractivity contribution in [1.82, 2.24) is 5.32 Å². The number of aromatic hydroxyl groups is 1. The fraction of sp³-hybridized carbons (Fsp3) is 0.462. The molecule has 124 valence electrons. The van der Waals surface area contributed by atoms with Crippen LogP contribution in [0.2, 0.25) is 0 Å². The number of phenols is 1. The molecule has 0 amide bonds. The molecule has 0 aliphatic rings. The van der Waals surface area contributed by atoms with Gasteiger partial charge in [0.1, 0.15) is 5.75 Å². The van der Waals surface area contributed by atoms with Crippen LogP contribution in [0.15, 0.2) is 12.1 Å². The molecule has 0 aliphatic carbocycles. The second-order valence-corrected chi connectivity index (χ2v) is 6.05. The molecule has 8 nitrogen and oxygen atoms in total. The van der Waals surface area contributed by atoms with E-state index >= 15 is 0 Å². The van der Waals surface area contributed by atoms with Gasteiger partial charge in [0.25, 0.3) is 0 Å². The number of rotatable bonds is 9. The zero-order valence-electron chi connectivity index (χ0n) is 12.2. The second kappa shape index (κ2) is 8.26. The summed E-state index contributed by atoms with van der Waals surface area (Å²) in [5, 5.41) is 21.6. The minimum absolute atomic E-state index is 0.0255. The van der Waals surface area contributed by atoms with Crippen LogP contribution in [0.25, 0.3) is 0 Å². The average molecular weight is 333 g/mol. The van der Waals surface area contributed by atoms with E-state index in [2.05, 4.69) is 9.84 Å². The van der Waals surface area contributed by atoms with E-state index in [0.717, 1.165) is 0 Å². The normalized spacial score (nSPS) is 11.6. The third-order valence-electron chi connectivity index (χ3n) is 3.02. The summed E-state index contributed by atoms with van der Waals surface area (Å²) >= 11 is 0.